The maximum atomic E-state index is 3.58. The van der Waals surface area contributed by atoms with Crippen LogP contribution >= 0.6 is 0 Å². The predicted octanol–water partition coefficient (Wildman–Crippen LogP) is 2.18. The summed E-state index contributed by atoms with van der Waals surface area (Å²) in [6, 6.07) is 8.30. The van der Waals surface area contributed by atoms with Crippen molar-refractivity contribution in [2.75, 3.05) is 36.5 Å². The standard InChI is InChI=1S/C16H23N3/c1-3-11-10-19-14-7-8-17-9-13(14)12-5-4-6-15(16(12)19)18(11)2/h4-6,11,13-14,17H,3,7-10H2,1-2H3/t11?,13-,14-/m0/s1. The second-order valence-corrected chi connectivity index (χ2v) is 6.21. The van der Waals surface area contributed by atoms with E-state index < -0.39 is 0 Å². The van der Waals surface area contributed by atoms with E-state index in [9.17, 15) is 0 Å². The molecule has 3 heterocycles. The molecule has 1 unspecified atom stereocenters. The summed E-state index contributed by atoms with van der Waals surface area (Å²) in [5.74, 6) is 0.702. The molecule has 0 radical (unpaired) electrons. The van der Waals surface area contributed by atoms with Crippen LogP contribution in [-0.4, -0.2) is 38.8 Å². The van der Waals surface area contributed by atoms with Gasteiger partial charge in [0.25, 0.3) is 0 Å². The van der Waals surface area contributed by atoms with E-state index in [0.717, 1.165) is 12.6 Å². The van der Waals surface area contributed by atoms with E-state index in [2.05, 4.69) is 47.3 Å². The highest BCUT2D eigenvalue weighted by Gasteiger charge is 2.44. The van der Waals surface area contributed by atoms with Gasteiger partial charge in [-0.1, -0.05) is 19.1 Å². The molecule has 3 aliphatic heterocycles. The molecule has 0 saturated carbocycles. The van der Waals surface area contributed by atoms with Crippen LogP contribution in [0, 0.1) is 0 Å². The van der Waals surface area contributed by atoms with Gasteiger partial charge in [0, 0.05) is 38.1 Å². The molecule has 3 heteroatoms. The number of hydrogen-bond donors (Lipinski definition) is 1. The van der Waals surface area contributed by atoms with Crippen molar-refractivity contribution in [1.29, 1.82) is 0 Å². The fourth-order valence-corrected chi connectivity index (χ4v) is 4.32. The van der Waals surface area contributed by atoms with Crippen LogP contribution in [0.15, 0.2) is 18.2 Å². The summed E-state index contributed by atoms with van der Waals surface area (Å²) >= 11 is 0. The van der Waals surface area contributed by atoms with Crippen LogP contribution in [-0.2, 0) is 0 Å². The summed E-state index contributed by atoms with van der Waals surface area (Å²) in [6.07, 6.45) is 2.52. The highest BCUT2D eigenvalue weighted by Crippen LogP contribution is 2.50. The zero-order chi connectivity index (χ0) is 13.0. The zero-order valence-corrected chi connectivity index (χ0v) is 11.9. The first kappa shape index (κ1) is 11.6. The summed E-state index contributed by atoms with van der Waals surface area (Å²) in [6.45, 7) is 5.84. The van der Waals surface area contributed by atoms with Gasteiger partial charge in [-0.2, -0.15) is 0 Å². The van der Waals surface area contributed by atoms with Crippen molar-refractivity contribution >= 4 is 11.4 Å². The Labute approximate surface area is 115 Å². The average Bonchev–Trinajstić information content (AvgIpc) is 2.78. The zero-order valence-electron chi connectivity index (χ0n) is 11.9. The fraction of sp³-hybridized carbons (Fsp3) is 0.625. The Morgan fingerprint density at radius 2 is 2.26 bits per heavy atom. The minimum absolute atomic E-state index is 0.663. The van der Waals surface area contributed by atoms with Gasteiger partial charge < -0.3 is 15.1 Å². The predicted molar refractivity (Wildman–Crippen MR) is 80.3 cm³/mol. The summed E-state index contributed by atoms with van der Waals surface area (Å²) in [5, 5.41) is 3.58. The number of hydrogen-bond acceptors (Lipinski definition) is 3. The minimum Gasteiger partial charge on any atom is -0.368 e. The van der Waals surface area contributed by atoms with Crippen molar-refractivity contribution in [1.82, 2.24) is 5.32 Å². The van der Waals surface area contributed by atoms with Crippen molar-refractivity contribution in [3.63, 3.8) is 0 Å². The molecule has 3 nitrogen and oxygen atoms in total. The van der Waals surface area contributed by atoms with E-state index in [-0.39, 0.29) is 0 Å². The first-order valence-electron chi connectivity index (χ1n) is 7.64. The topological polar surface area (TPSA) is 18.5 Å². The highest BCUT2D eigenvalue weighted by atomic mass is 15.3. The summed E-state index contributed by atoms with van der Waals surface area (Å²) in [7, 11) is 2.27. The van der Waals surface area contributed by atoms with Gasteiger partial charge >= 0.3 is 0 Å². The third-order valence-electron chi connectivity index (χ3n) is 5.38. The number of anilines is 2. The summed E-state index contributed by atoms with van der Waals surface area (Å²) < 4.78 is 0. The van der Waals surface area contributed by atoms with Crippen molar-refractivity contribution in [3.05, 3.63) is 23.8 Å². The van der Waals surface area contributed by atoms with E-state index in [4.69, 9.17) is 0 Å². The molecule has 1 fully saturated rings. The largest absolute Gasteiger partial charge is 0.368 e. The lowest BCUT2D eigenvalue weighted by molar-refractivity contribution is 0.392. The Kier molecular flexibility index (Phi) is 2.52. The van der Waals surface area contributed by atoms with Crippen molar-refractivity contribution in [2.24, 2.45) is 0 Å². The lowest BCUT2D eigenvalue weighted by Crippen LogP contribution is -2.51. The first-order valence-corrected chi connectivity index (χ1v) is 7.64. The van der Waals surface area contributed by atoms with Gasteiger partial charge in [0.05, 0.1) is 11.4 Å². The lowest BCUT2D eigenvalue weighted by Gasteiger charge is -2.44. The second kappa shape index (κ2) is 4.14. The Morgan fingerprint density at radius 1 is 1.37 bits per heavy atom. The average molecular weight is 257 g/mol. The molecule has 0 bridgehead atoms. The molecular formula is C16H23N3. The number of benzene rings is 1. The third kappa shape index (κ3) is 1.48. The number of piperidine rings is 1. The quantitative estimate of drug-likeness (QED) is 0.832. The highest BCUT2D eigenvalue weighted by molar-refractivity contribution is 5.81. The molecule has 1 saturated heterocycles. The Balaban J connectivity index is 1.85. The molecule has 4 rings (SSSR count). The molecule has 1 aromatic rings. The van der Waals surface area contributed by atoms with Gasteiger partial charge in [0.15, 0.2) is 0 Å². The van der Waals surface area contributed by atoms with Gasteiger partial charge in [-0.3, -0.25) is 0 Å². The van der Waals surface area contributed by atoms with Gasteiger partial charge in [0.2, 0.25) is 0 Å². The van der Waals surface area contributed by atoms with E-state index in [1.165, 1.54) is 37.3 Å². The number of fused-ring (bicyclic) bond motifs is 3. The second-order valence-electron chi connectivity index (χ2n) is 6.21. The molecule has 1 aromatic carbocycles. The molecule has 1 N–H and O–H groups in total. The number of rotatable bonds is 1. The van der Waals surface area contributed by atoms with E-state index in [0.29, 0.717) is 12.0 Å². The van der Waals surface area contributed by atoms with Crippen LogP contribution in [0.25, 0.3) is 0 Å². The molecule has 102 valence electrons. The SMILES string of the molecule is CCC1CN2c3c(cccc3N1C)[C@@H]1CNCC[C@@H]12. The molecule has 0 spiro atoms. The monoisotopic (exact) mass is 257 g/mol. The molecule has 0 aliphatic carbocycles. The van der Waals surface area contributed by atoms with Crippen LogP contribution < -0.4 is 15.1 Å². The van der Waals surface area contributed by atoms with Crippen LogP contribution in [0.5, 0.6) is 0 Å². The van der Waals surface area contributed by atoms with Gasteiger partial charge in [0.1, 0.15) is 0 Å². The fourth-order valence-electron chi connectivity index (χ4n) is 4.32. The normalized spacial score (nSPS) is 32.2. The molecule has 0 aromatic heterocycles. The minimum atomic E-state index is 0.663. The smallest absolute Gasteiger partial charge is 0.0644 e. The Morgan fingerprint density at radius 3 is 3.11 bits per heavy atom. The van der Waals surface area contributed by atoms with Crippen LogP contribution in [0.1, 0.15) is 31.2 Å². The van der Waals surface area contributed by atoms with Crippen LogP contribution in [0.4, 0.5) is 11.4 Å². The van der Waals surface area contributed by atoms with Gasteiger partial charge in [-0.15, -0.1) is 0 Å². The maximum absolute atomic E-state index is 3.58. The Hall–Kier alpha value is -1.22. The van der Waals surface area contributed by atoms with Crippen LogP contribution in [0.2, 0.25) is 0 Å². The maximum Gasteiger partial charge on any atom is 0.0644 e. The number of nitrogens with one attached hydrogen (secondary N) is 1. The van der Waals surface area contributed by atoms with E-state index in [1.54, 1.807) is 5.56 Å². The number of nitrogens with zero attached hydrogens (tertiary/aromatic N) is 2. The number of likely N-dealkylation sites (N-methyl/N-ethyl adjacent to an activating group) is 1. The lowest BCUT2D eigenvalue weighted by atomic mass is 9.90. The third-order valence-corrected chi connectivity index (χ3v) is 5.38. The van der Waals surface area contributed by atoms with Crippen LogP contribution in [0.3, 0.4) is 0 Å². The molecule has 3 aliphatic rings. The van der Waals surface area contributed by atoms with Gasteiger partial charge in [-0.05, 0) is 31.0 Å². The van der Waals surface area contributed by atoms with Crippen molar-refractivity contribution in [2.45, 2.75) is 37.8 Å². The number of para-hydroxylation sites is 1. The molecular weight excluding hydrogens is 234 g/mol. The van der Waals surface area contributed by atoms with Crippen molar-refractivity contribution < 1.29 is 0 Å². The first-order chi connectivity index (χ1) is 9.31. The Bertz CT molecular complexity index is 499. The molecule has 3 atom stereocenters. The summed E-state index contributed by atoms with van der Waals surface area (Å²) in [5.41, 5.74) is 4.56. The van der Waals surface area contributed by atoms with Crippen molar-refractivity contribution in [3.8, 4) is 0 Å². The van der Waals surface area contributed by atoms with Gasteiger partial charge in [-0.25, -0.2) is 0 Å². The molecule has 0 amide bonds. The summed E-state index contributed by atoms with van der Waals surface area (Å²) in [4.78, 5) is 5.23. The van der Waals surface area contributed by atoms with E-state index >= 15 is 0 Å². The molecule has 19 heavy (non-hydrogen) atoms. The van der Waals surface area contributed by atoms with E-state index in [1.807, 2.05) is 0 Å².